The summed E-state index contributed by atoms with van der Waals surface area (Å²) < 4.78 is 20.9. The highest BCUT2D eigenvalue weighted by molar-refractivity contribution is 5.92. The molecule has 4 aromatic rings. The molecule has 12 nitrogen and oxygen atoms in total. The average Bonchev–Trinajstić information content (AvgIpc) is 3.36. The van der Waals surface area contributed by atoms with Crippen molar-refractivity contribution < 1.29 is 18.7 Å². The first-order chi connectivity index (χ1) is 14.7. The molecular formula is C18H16FN7O5. The van der Waals surface area contributed by atoms with Crippen LogP contribution in [-0.4, -0.2) is 40.4 Å². The molecule has 1 amide bonds. The molecule has 0 fully saturated rings. The van der Waals surface area contributed by atoms with Gasteiger partial charge in [-0.15, -0.1) is 10.2 Å². The molecule has 3 N–H and O–H groups in total. The van der Waals surface area contributed by atoms with Crippen LogP contribution in [0.1, 0.15) is 28.0 Å². The van der Waals surface area contributed by atoms with Crippen LogP contribution in [0.2, 0.25) is 0 Å². The third-order valence-electron chi connectivity index (χ3n) is 4.60. The van der Waals surface area contributed by atoms with E-state index in [2.05, 4.69) is 15.4 Å². The van der Waals surface area contributed by atoms with Crippen LogP contribution in [0.4, 0.5) is 4.39 Å². The molecule has 1 aromatic carbocycles. The fourth-order valence-corrected chi connectivity index (χ4v) is 3.03. The van der Waals surface area contributed by atoms with E-state index in [0.717, 1.165) is 20.1 Å². The number of aromatic nitrogens is 6. The van der Waals surface area contributed by atoms with E-state index in [4.69, 9.17) is 10.2 Å². The fourth-order valence-electron chi connectivity index (χ4n) is 3.03. The Morgan fingerprint density at radius 2 is 2.13 bits per heavy atom. The number of rotatable bonds is 6. The molecule has 3 heterocycles. The van der Waals surface area contributed by atoms with Crippen LogP contribution >= 0.6 is 0 Å². The van der Waals surface area contributed by atoms with Crippen molar-refractivity contribution in [2.24, 2.45) is 12.8 Å². The molecule has 0 aliphatic rings. The van der Waals surface area contributed by atoms with Gasteiger partial charge in [0, 0.05) is 18.6 Å². The maximum atomic E-state index is 13.8. The number of carbonyl (C=O) groups is 1. The third-order valence-corrected chi connectivity index (χ3v) is 4.60. The van der Waals surface area contributed by atoms with Crippen molar-refractivity contribution in [3.63, 3.8) is 0 Å². The summed E-state index contributed by atoms with van der Waals surface area (Å²) in [4.78, 5) is 36.7. The first-order valence-electron chi connectivity index (χ1n) is 8.97. The van der Waals surface area contributed by atoms with Gasteiger partial charge in [0.1, 0.15) is 17.4 Å². The van der Waals surface area contributed by atoms with Crippen molar-refractivity contribution in [1.82, 2.24) is 29.3 Å². The van der Waals surface area contributed by atoms with Crippen LogP contribution < -0.4 is 17.0 Å². The molecule has 0 aliphatic carbocycles. The zero-order chi connectivity index (χ0) is 22.3. The number of hydrogen-bond donors (Lipinski definition) is 2. The molecule has 0 spiro atoms. The quantitative estimate of drug-likeness (QED) is 0.406. The highest BCUT2D eigenvalue weighted by Gasteiger charge is 2.18. The maximum absolute atomic E-state index is 13.8. The summed E-state index contributed by atoms with van der Waals surface area (Å²) in [5, 5.41) is 22.6. The molecule has 0 saturated carbocycles. The highest BCUT2D eigenvalue weighted by Crippen LogP contribution is 2.26. The van der Waals surface area contributed by atoms with Crippen molar-refractivity contribution in [1.29, 1.82) is 0 Å². The number of nitrogens with zero attached hydrogens (tertiary/aromatic N) is 6. The summed E-state index contributed by atoms with van der Waals surface area (Å²) >= 11 is 0. The number of aliphatic hydroxyl groups is 1. The van der Waals surface area contributed by atoms with E-state index in [0.29, 0.717) is 5.39 Å². The van der Waals surface area contributed by atoms with Crippen molar-refractivity contribution in [2.75, 3.05) is 0 Å². The molecule has 0 unspecified atom stereocenters. The maximum Gasteiger partial charge on any atom is 0.331 e. The Hall–Kier alpha value is -4.13. The number of benzene rings is 1. The summed E-state index contributed by atoms with van der Waals surface area (Å²) in [7, 11) is 1.21. The standard InChI is InChI=1S/C18H16FN7O5/c1-24-17(29)10(16(20)28)6-25(18(24)30)8-14-21-23-26(22-14)7-12(27)13-5-9-3-2-4-11(19)15(9)31-13/h2-6,12,27H,7-8H2,1H3,(H2,20,28)/t12-/m0/s1. The Balaban J connectivity index is 1.55. The number of primary amides is 1. The number of tetrazole rings is 1. The van der Waals surface area contributed by atoms with Gasteiger partial charge in [-0.05, 0) is 17.3 Å². The fraction of sp³-hybridized carbons (Fsp3) is 0.222. The van der Waals surface area contributed by atoms with Crippen molar-refractivity contribution in [3.8, 4) is 0 Å². The van der Waals surface area contributed by atoms with Gasteiger partial charge in [0.2, 0.25) is 0 Å². The van der Waals surface area contributed by atoms with E-state index in [-0.39, 0.29) is 35.8 Å². The number of carbonyl (C=O) groups excluding carboxylic acids is 1. The van der Waals surface area contributed by atoms with E-state index in [9.17, 15) is 23.9 Å². The number of aliphatic hydroxyl groups excluding tert-OH is 1. The van der Waals surface area contributed by atoms with Gasteiger partial charge in [-0.25, -0.2) is 9.18 Å². The second-order valence-electron chi connectivity index (χ2n) is 6.76. The molecular weight excluding hydrogens is 413 g/mol. The number of halogens is 1. The molecule has 160 valence electrons. The van der Waals surface area contributed by atoms with E-state index >= 15 is 0 Å². The minimum atomic E-state index is -1.18. The normalized spacial score (nSPS) is 12.4. The monoisotopic (exact) mass is 429 g/mol. The van der Waals surface area contributed by atoms with Gasteiger partial charge in [0.05, 0.1) is 13.1 Å². The minimum Gasteiger partial charge on any atom is -0.455 e. The van der Waals surface area contributed by atoms with Gasteiger partial charge >= 0.3 is 5.69 Å². The van der Waals surface area contributed by atoms with Crippen LogP contribution in [0, 0.1) is 5.82 Å². The largest absolute Gasteiger partial charge is 0.455 e. The third kappa shape index (κ3) is 3.73. The summed E-state index contributed by atoms with van der Waals surface area (Å²) in [6.45, 7) is -0.345. The van der Waals surface area contributed by atoms with E-state index in [1.54, 1.807) is 6.07 Å². The number of para-hydroxylation sites is 1. The van der Waals surface area contributed by atoms with Gasteiger partial charge in [-0.3, -0.25) is 18.7 Å². The second kappa shape index (κ2) is 7.60. The number of fused-ring (bicyclic) bond motifs is 1. The lowest BCUT2D eigenvalue weighted by Crippen LogP contribution is -2.42. The van der Waals surface area contributed by atoms with Crippen LogP contribution in [0.25, 0.3) is 11.0 Å². The Labute approximate surface area is 171 Å². The highest BCUT2D eigenvalue weighted by atomic mass is 19.1. The molecule has 1 atom stereocenters. The molecule has 31 heavy (non-hydrogen) atoms. The van der Waals surface area contributed by atoms with Crippen molar-refractivity contribution >= 4 is 16.9 Å². The topological polar surface area (TPSA) is 164 Å². The lowest BCUT2D eigenvalue weighted by atomic mass is 10.2. The summed E-state index contributed by atoms with van der Waals surface area (Å²) in [6.07, 6.45) is -0.151. The van der Waals surface area contributed by atoms with Crippen LogP contribution in [-0.2, 0) is 20.1 Å². The Kier molecular flexibility index (Phi) is 4.94. The predicted octanol–water partition coefficient (Wildman–Crippen LogP) is -0.700. The Morgan fingerprint density at radius 1 is 1.35 bits per heavy atom. The van der Waals surface area contributed by atoms with E-state index < -0.39 is 29.1 Å². The molecule has 0 bridgehead atoms. The van der Waals surface area contributed by atoms with Gasteiger partial charge in [0.15, 0.2) is 17.2 Å². The SMILES string of the molecule is Cn1c(=O)c(C(N)=O)cn(Cc2nnn(C[C@H](O)c3cc4cccc(F)c4o3)n2)c1=O. The lowest BCUT2D eigenvalue weighted by molar-refractivity contribution is 0.0997. The van der Waals surface area contributed by atoms with Gasteiger partial charge in [-0.1, -0.05) is 12.1 Å². The van der Waals surface area contributed by atoms with Gasteiger partial charge in [-0.2, -0.15) is 4.80 Å². The van der Waals surface area contributed by atoms with Crippen LogP contribution in [0.5, 0.6) is 0 Å². The lowest BCUT2D eigenvalue weighted by Gasteiger charge is -2.07. The van der Waals surface area contributed by atoms with Crippen LogP contribution in [0.3, 0.4) is 0 Å². The Bertz CT molecular complexity index is 1420. The first kappa shape index (κ1) is 20.2. The number of hydrogen-bond acceptors (Lipinski definition) is 8. The number of nitrogens with two attached hydrogens (primary N) is 1. The van der Waals surface area contributed by atoms with E-state index in [1.165, 1.54) is 25.2 Å². The zero-order valence-corrected chi connectivity index (χ0v) is 16.1. The molecule has 4 rings (SSSR count). The van der Waals surface area contributed by atoms with Gasteiger partial charge in [0.25, 0.3) is 11.5 Å². The van der Waals surface area contributed by atoms with Gasteiger partial charge < -0.3 is 15.3 Å². The predicted molar refractivity (Wildman–Crippen MR) is 103 cm³/mol. The zero-order valence-electron chi connectivity index (χ0n) is 16.1. The molecule has 0 radical (unpaired) electrons. The summed E-state index contributed by atoms with van der Waals surface area (Å²) in [6, 6.07) is 5.93. The van der Waals surface area contributed by atoms with Crippen molar-refractivity contribution in [3.05, 3.63) is 74.3 Å². The molecule has 3 aromatic heterocycles. The average molecular weight is 429 g/mol. The second-order valence-corrected chi connectivity index (χ2v) is 6.76. The number of amides is 1. The Morgan fingerprint density at radius 3 is 2.84 bits per heavy atom. The molecule has 0 saturated heterocycles. The molecule has 13 heteroatoms. The minimum absolute atomic E-state index is 0.0307. The number of furan rings is 1. The summed E-state index contributed by atoms with van der Waals surface area (Å²) in [5.74, 6) is -1.31. The first-order valence-corrected chi connectivity index (χ1v) is 8.97. The van der Waals surface area contributed by atoms with Crippen LogP contribution in [0.15, 0.2) is 44.5 Å². The molecule has 0 aliphatic heterocycles. The van der Waals surface area contributed by atoms with E-state index in [1.807, 2.05) is 0 Å². The van der Waals surface area contributed by atoms with Crippen molar-refractivity contribution in [2.45, 2.75) is 19.2 Å². The smallest absolute Gasteiger partial charge is 0.331 e. The summed E-state index contributed by atoms with van der Waals surface area (Å²) in [5.41, 5.74) is 3.34.